The summed E-state index contributed by atoms with van der Waals surface area (Å²) in [6.07, 6.45) is 0. The molecule has 0 aromatic heterocycles. The average Bonchev–Trinajstić information content (AvgIpc) is 2.76. The lowest BCUT2D eigenvalue weighted by Crippen LogP contribution is -2.49. The summed E-state index contributed by atoms with van der Waals surface area (Å²) in [6.45, 7) is 5.36. The van der Waals surface area contributed by atoms with E-state index in [2.05, 4.69) is 21.2 Å². The van der Waals surface area contributed by atoms with Crippen LogP contribution in [-0.2, 0) is 4.79 Å². The first-order chi connectivity index (χ1) is 14.6. The lowest BCUT2D eigenvalue weighted by Gasteiger charge is -2.34. The lowest BCUT2D eigenvalue weighted by molar-refractivity contribution is -0.117. The fourth-order valence-corrected chi connectivity index (χ4v) is 3.99. The maximum absolute atomic E-state index is 12.5. The molecular formula is C22H25ClN4O2S. The van der Waals surface area contributed by atoms with E-state index in [0.717, 1.165) is 49.1 Å². The number of ether oxygens (including phenoxy) is 1. The maximum Gasteiger partial charge on any atom is 0.238 e. The molecule has 0 unspecified atom stereocenters. The molecule has 1 N–H and O–H groups in total. The van der Waals surface area contributed by atoms with Gasteiger partial charge in [-0.3, -0.25) is 14.6 Å². The minimum absolute atomic E-state index is 0.0282. The molecule has 30 heavy (non-hydrogen) atoms. The quantitative estimate of drug-likeness (QED) is 0.596. The molecule has 1 saturated heterocycles. The van der Waals surface area contributed by atoms with Crippen LogP contribution in [0.1, 0.15) is 0 Å². The van der Waals surface area contributed by atoms with Crippen molar-refractivity contribution in [2.45, 2.75) is 4.90 Å². The second-order valence-corrected chi connectivity index (χ2v) is 8.36. The van der Waals surface area contributed by atoms with Crippen LogP contribution in [0.5, 0.6) is 5.75 Å². The third-order valence-corrected chi connectivity index (χ3v) is 5.97. The van der Waals surface area contributed by atoms with Crippen LogP contribution in [0.4, 0.5) is 5.69 Å². The summed E-state index contributed by atoms with van der Waals surface area (Å²) in [4.78, 5) is 17.9. The molecule has 158 valence electrons. The van der Waals surface area contributed by atoms with Crippen molar-refractivity contribution in [1.82, 2.24) is 9.80 Å². The zero-order valence-electron chi connectivity index (χ0n) is 16.7. The second kappa shape index (κ2) is 11.8. The molecule has 0 saturated carbocycles. The van der Waals surface area contributed by atoms with Gasteiger partial charge in [0.15, 0.2) is 0 Å². The molecule has 0 aliphatic carbocycles. The van der Waals surface area contributed by atoms with E-state index in [1.54, 1.807) is 0 Å². The number of benzene rings is 2. The van der Waals surface area contributed by atoms with Crippen LogP contribution in [0.15, 0.2) is 53.4 Å². The molecule has 1 aliphatic rings. The highest BCUT2D eigenvalue weighted by atomic mass is 35.5. The number of carbonyl (C=O) groups excluding carboxylic acids is 1. The minimum Gasteiger partial charge on any atom is -0.492 e. The average molecular weight is 445 g/mol. The first kappa shape index (κ1) is 22.4. The highest BCUT2D eigenvalue weighted by molar-refractivity contribution is 7.99. The Morgan fingerprint density at radius 2 is 1.80 bits per heavy atom. The van der Waals surface area contributed by atoms with E-state index < -0.39 is 0 Å². The Morgan fingerprint density at radius 1 is 1.10 bits per heavy atom. The van der Waals surface area contributed by atoms with Crippen LogP contribution in [0.2, 0.25) is 5.02 Å². The van der Waals surface area contributed by atoms with Gasteiger partial charge >= 0.3 is 0 Å². The number of hydrogen-bond donors (Lipinski definition) is 1. The summed E-state index contributed by atoms with van der Waals surface area (Å²) < 4.78 is 5.76. The van der Waals surface area contributed by atoms with Gasteiger partial charge in [0.05, 0.1) is 24.1 Å². The number of nitrogens with one attached hydrogen (secondary N) is 1. The molecular weight excluding hydrogens is 420 g/mol. The van der Waals surface area contributed by atoms with Crippen molar-refractivity contribution in [3.63, 3.8) is 0 Å². The standard InChI is InChI=1S/C22H25ClN4O2S/c23-18-5-7-19(8-6-18)29-15-14-26-10-12-27(13-11-26)17-22(28)25-20-3-1-2-4-21(20)30-16-9-24/h1-8H,10-17H2,(H,25,28). The summed E-state index contributed by atoms with van der Waals surface area (Å²) >= 11 is 7.31. The molecule has 6 nitrogen and oxygen atoms in total. The Balaban J connectivity index is 1.37. The van der Waals surface area contributed by atoms with E-state index >= 15 is 0 Å². The number of hydrogen-bond acceptors (Lipinski definition) is 6. The number of nitriles is 1. The van der Waals surface area contributed by atoms with Crippen molar-refractivity contribution in [3.8, 4) is 11.8 Å². The molecule has 3 rings (SSSR count). The number of rotatable bonds is 9. The summed E-state index contributed by atoms with van der Waals surface area (Å²) in [5, 5.41) is 12.5. The van der Waals surface area contributed by atoms with Crippen LogP contribution in [-0.4, -0.2) is 67.3 Å². The zero-order chi connectivity index (χ0) is 21.2. The van der Waals surface area contributed by atoms with Gasteiger partial charge in [-0.05, 0) is 36.4 Å². The van der Waals surface area contributed by atoms with Gasteiger partial charge < -0.3 is 10.1 Å². The molecule has 2 aromatic rings. The topological polar surface area (TPSA) is 68.6 Å². The van der Waals surface area contributed by atoms with Gasteiger partial charge in [-0.1, -0.05) is 23.7 Å². The third-order valence-electron chi connectivity index (χ3n) is 4.78. The van der Waals surface area contributed by atoms with Crippen molar-refractivity contribution in [3.05, 3.63) is 53.6 Å². The molecule has 0 radical (unpaired) electrons. The fraction of sp³-hybridized carbons (Fsp3) is 0.364. The van der Waals surface area contributed by atoms with Crippen molar-refractivity contribution >= 4 is 35.0 Å². The van der Waals surface area contributed by atoms with Crippen LogP contribution in [0, 0.1) is 11.3 Å². The predicted molar refractivity (Wildman–Crippen MR) is 121 cm³/mol. The van der Waals surface area contributed by atoms with Gasteiger partial charge in [-0.25, -0.2) is 0 Å². The molecule has 1 heterocycles. The van der Waals surface area contributed by atoms with Gasteiger partial charge in [0.2, 0.25) is 5.91 Å². The third kappa shape index (κ3) is 7.22. The predicted octanol–water partition coefficient (Wildman–Crippen LogP) is 3.59. The summed E-state index contributed by atoms with van der Waals surface area (Å²) in [6, 6.07) is 17.1. The minimum atomic E-state index is -0.0282. The Bertz CT molecular complexity index is 864. The number of amides is 1. The second-order valence-electron chi connectivity index (χ2n) is 6.91. The number of anilines is 1. The zero-order valence-corrected chi connectivity index (χ0v) is 18.3. The highest BCUT2D eigenvalue weighted by Gasteiger charge is 2.19. The number of halogens is 1. The number of thioether (sulfide) groups is 1. The smallest absolute Gasteiger partial charge is 0.238 e. The summed E-state index contributed by atoms with van der Waals surface area (Å²) in [5.74, 6) is 1.15. The van der Waals surface area contributed by atoms with Crippen LogP contribution >= 0.6 is 23.4 Å². The van der Waals surface area contributed by atoms with Gasteiger partial charge in [0, 0.05) is 42.6 Å². The molecule has 1 amide bonds. The molecule has 1 fully saturated rings. The van der Waals surface area contributed by atoms with E-state index in [0.29, 0.717) is 23.9 Å². The Labute approximate surface area is 186 Å². The van der Waals surface area contributed by atoms with E-state index in [-0.39, 0.29) is 5.91 Å². The Kier molecular flexibility index (Phi) is 8.84. The lowest BCUT2D eigenvalue weighted by atomic mass is 10.3. The number of piperazine rings is 1. The van der Waals surface area contributed by atoms with Gasteiger partial charge in [-0.2, -0.15) is 5.26 Å². The Morgan fingerprint density at radius 3 is 2.53 bits per heavy atom. The van der Waals surface area contributed by atoms with Crippen molar-refractivity contribution in [1.29, 1.82) is 5.26 Å². The van der Waals surface area contributed by atoms with Gasteiger partial charge in [-0.15, -0.1) is 11.8 Å². The summed E-state index contributed by atoms with van der Waals surface area (Å²) in [5.41, 5.74) is 0.765. The van der Waals surface area contributed by atoms with Gasteiger partial charge in [0.1, 0.15) is 12.4 Å². The first-order valence-corrected chi connectivity index (χ1v) is 11.2. The van der Waals surface area contributed by atoms with Crippen molar-refractivity contribution in [2.75, 3.05) is 56.9 Å². The number of para-hydroxylation sites is 1. The van der Waals surface area contributed by atoms with Crippen LogP contribution < -0.4 is 10.1 Å². The molecule has 8 heteroatoms. The Hall–Kier alpha value is -2.24. The van der Waals surface area contributed by atoms with Crippen LogP contribution in [0.3, 0.4) is 0 Å². The van der Waals surface area contributed by atoms with E-state index in [4.69, 9.17) is 21.6 Å². The number of nitrogens with zero attached hydrogens (tertiary/aromatic N) is 3. The highest BCUT2D eigenvalue weighted by Crippen LogP contribution is 2.26. The van der Waals surface area contributed by atoms with E-state index in [9.17, 15) is 4.79 Å². The van der Waals surface area contributed by atoms with Crippen molar-refractivity contribution < 1.29 is 9.53 Å². The molecule has 0 bridgehead atoms. The normalized spacial score (nSPS) is 14.8. The van der Waals surface area contributed by atoms with E-state index in [1.165, 1.54) is 11.8 Å². The summed E-state index contributed by atoms with van der Waals surface area (Å²) in [7, 11) is 0. The molecule has 0 atom stereocenters. The molecule has 0 spiro atoms. The molecule has 1 aliphatic heterocycles. The maximum atomic E-state index is 12.5. The molecule has 2 aromatic carbocycles. The monoisotopic (exact) mass is 444 g/mol. The first-order valence-electron chi connectivity index (χ1n) is 9.86. The van der Waals surface area contributed by atoms with Gasteiger partial charge in [0.25, 0.3) is 0 Å². The fourth-order valence-electron chi connectivity index (χ4n) is 3.19. The van der Waals surface area contributed by atoms with Crippen LogP contribution in [0.25, 0.3) is 0 Å². The number of carbonyl (C=O) groups is 1. The van der Waals surface area contributed by atoms with E-state index in [1.807, 2.05) is 48.5 Å². The van der Waals surface area contributed by atoms with Crippen molar-refractivity contribution in [2.24, 2.45) is 0 Å². The largest absolute Gasteiger partial charge is 0.492 e. The SMILES string of the molecule is N#CCSc1ccccc1NC(=O)CN1CCN(CCOc2ccc(Cl)cc2)CC1.